The quantitative estimate of drug-likeness (QED) is 0.461. The zero-order valence-electron chi connectivity index (χ0n) is 19.6. The van der Waals surface area contributed by atoms with Crippen LogP contribution < -0.4 is 10.1 Å². The molecule has 0 spiro atoms. The number of hydrogen-bond donors (Lipinski definition) is 1. The SMILES string of the molecule is CCC(C)(CCNC(=O)CC(c1ccc(OC(C)C)cc1)C(C)C)c1ccccc1. The maximum atomic E-state index is 12.7. The first kappa shape index (κ1) is 24.0. The van der Waals surface area contributed by atoms with Crippen molar-refractivity contribution in [3.8, 4) is 5.75 Å². The van der Waals surface area contributed by atoms with Crippen molar-refractivity contribution in [3.05, 3.63) is 65.7 Å². The summed E-state index contributed by atoms with van der Waals surface area (Å²) in [4.78, 5) is 12.7. The third-order valence-corrected chi connectivity index (χ3v) is 6.14. The van der Waals surface area contributed by atoms with Gasteiger partial charge in [-0.25, -0.2) is 0 Å². The molecule has 2 atom stereocenters. The Balaban J connectivity index is 1.94. The molecule has 0 aliphatic carbocycles. The van der Waals surface area contributed by atoms with E-state index in [4.69, 9.17) is 4.74 Å². The van der Waals surface area contributed by atoms with Gasteiger partial charge in [-0.1, -0.05) is 70.2 Å². The van der Waals surface area contributed by atoms with Crippen LogP contribution in [0.2, 0.25) is 0 Å². The molecule has 30 heavy (non-hydrogen) atoms. The molecule has 1 N–H and O–H groups in total. The molecule has 0 bridgehead atoms. The lowest BCUT2D eigenvalue weighted by molar-refractivity contribution is -0.121. The van der Waals surface area contributed by atoms with Crippen LogP contribution in [0.15, 0.2) is 54.6 Å². The number of benzene rings is 2. The maximum absolute atomic E-state index is 12.7. The summed E-state index contributed by atoms with van der Waals surface area (Å²) in [6, 6.07) is 18.8. The minimum Gasteiger partial charge on any atom is -0.491 e. The van der Waals surface area contributed by atoms with E-state index in [1.165, 1.54) is 11.1 Å². The van der Waals surface area contributed by atoms with E-state index in [9.17, 15) is 4.79 Å². The second kappa shape index (κ2) is 11.2. The van der Waals surface area contributed by atoms with E-state index in [1.807, 2.05) is 26.0 Å². The molecule has 1 amide bonds. The fraction of sp³-hybridized carbons (Fsp3) is 0.519. The van der Waals surface area contributed by atoms with Gasteiger partial charge < -0.3 is 10.1 Å². The summed E-state index contributed by atoms with van der Waals surface area (Å²) >= 11 is 0. The van der Waals surface area contributed by atoms with Crippen molar-refractivity contribution < 1.29 is 9.53 Å². The van der Waals surface area contributed by atoms with Gasteiger partial charge in [0.05, 0.1) is 6.10 Å². The number of rotatable bonds is 11. The molecular formula is C27H39NO2. The van der Waals surface area contributed by atoms with E-state index in [1.54, 1.807) is 0 Å². The van der Waals surface area contributed by atoms with E-state index in [0.29, 0.717) is 18.9 Å². The summed E-state index contributed by atoms with van der Waals surface area (Å²) in [5.74, 6) is 1.59. The highest BCUT2D eigenvalue weighted by Crippen LogP contribution is 2.31. The van der Waals surface area contributed by atoms with Gasteiger partial charge in [-0.05, 0) is 67.2 Å². The fourth-order valence-electron chi connectivity index (χ4n) is 3.92. The summed E-state index contributed by atoms with van der Waals surface area (Å²) in [6.45, 7) is 13.6. The Kier molecular flexibility index (Phi) is 8.95. The van der Waals surface area contributed by atoms with Gasteiger partial charge in [0.25, 0.3) is 0 Å². The Bertz CT molecular complexity index is 767. The Morgan fingerprint density at radius 3 is 2.17 bits per heavy atom. The monoisotopic (exact) mass is 409 g/mol. The number of amides is 1. The minimum absolute atomic E-state index is 0.0816. The van der Waals surface area contributed by atoms with E-state index >= 15 is 0 Å². The maximum Gasteiger partial charge on any atom is 0.220 e. The Hall–Kier alpha value is -2.29. The first-order valence-electron chi connectivity index (χ1n) is 11.3. The summed E-state index contributed by atoms with van der Waals surface area (Å²) < 4.78 is 5.74. The second-order valence-corrected chi connectivity index (χ2v) is 9.17. The highest BCUT2D eigenvalue weighted by molar-refractivity contribution is 5.76. The van der Waals surface area contributed by atoms with Crippen molar-refractivity contribution in [2.45, 2.75) is 78.2 Å². The standard InChI is InChI=1S/C27H39NO2/c1-7-27(6,23-11-9-8-10-12-23)17-18-28-26(29)19-25(20(2)3)22-13-15-24(16-14-22)30-21(4)5/h8-16,20-21,25H,7,17-19H2,1-6H3,(H,28,29). The molecular weight excluding hydrogens is 370 g/mol. The molecule has 3 heteroatoms. The minimum atomic E-state index is 0.0816. The Labute approximate surface area is 183 Å². The number of carbonyl (C=O) groups is 1. The van der Waals surface area contributed by atoms with Crippen LogP contribution in [0.5, 0.6) is 5.75 Å². The first-order chi connectivity index (χ1) is 14.2. The van der Waals surface area contributed by atoms with Crippen LogP contribution in [0.4, 0.5) is 0 Å². The number of hydrogen-bond acceptors (Lipinski definition) is 2. The lowest BCUT2D eigenvalue weighted by atomic mass is 9.77. The molecule has 0 aromatic heterocycles. The molecule has 0 aliphatic heterocycles. The first-order valence-corrected chi connectivity index (χ1v) is 11.3. The van der Waals surface area contributed by atoms with Gasteiger partial charge in [-0.15, -0.1) is 0 Å². The third-order valence-electron chi connectivity index (χ3n) is 6.14. The van der Waals surface area contributed by atoms with Crippen molar-refractivity contribution in [2.24, 2.45) is 5.92 Å². The molecule has 2 rings (SSSR count). The molecule has 2 unspecified atom stereocenters. The molecule has 2 aromatic rings. The van der Waals surface area contributed by atoms with Crippen LogP contribution >= 0.6 is 0 Å². The van der Waals surface area contributed by atoms with Crippen LogP contribution in [0.3, 0.4) is 0 Å². The van der Waals surface area contributed by atoms with E-state index in [-0.39, 0.29) is 23.3 Å². The lowest BCUT2D eigenvalue weighted by Crippen LogP contribution is -2.32. The van der Waals surface area contributed by atoms with Crippen molar-refractivity contribution >= 4 is 5.91 Å². The van der Waals surface area contributed by atoms with Crippen LogP contribution in [0.25, 0.3) is 0 Å². The largest absolute Gasteiger partial charge is 0.491 e. The average molecular weight is 410 g/mol. The van der Waals surface area contributed by atoms with Crippen molar-refractivity contribution in [1.82, 2.24) is 5.32 Å². The van der Waals surface area contributed by atoms with Gasteiger partial charge in [-0.3, -0.25) is 4.79 Å². The number of carbonyl (C=O) groups excluding carboxylic acids is 1. The Morgan fingerprint density at radius 2 is 1.63 bits per heavy atom. The van der Waals surface area contributed by atoms with Crippen molar-refractivity contribution in [3.63, 3.8) is 0 Å². The van der Waals surface area contributed by atoms with E-state index in [2.05, 4.69) is 75.5 Å². The predicted octanol–water partition coefficient (Wildman–Crippen LogP) is 6.48. The number of nitrogens with one attached hydrogen (secondary N) is 1. The highest BCUT2D eigenvalue weighted by atomic mass is 16.5. The molecule has 0 fully saturated rings. The summed E-state index contributed by atoms with van der Waals surface area (Å²) in [6.07, 6.45) is 2.65. The van der Waals surface area contributed by atoms with Crippen LogP contribution in [0, 0.1) is 5.92 Å². The number of ether oxygens (including phenoxy) is 1. The van der Waals surface area contributed by atoms with Gasteiger partial charge in [0, 0.05) is 13.0 Å². The lowest BCUT2D eigenvalue weighted by Gasteiger charge is -2.29. The summed E-state index contributed by atoms with van der Waals surface area (Å²) in [7, 11) is 0. The fourth-order valence-corrected chi connectivity index (χ4v) is 3.92. The van der Waals surface area contributed by atoms with Gasteiger partial charge in [0.15, 0.2) is 0 Å². The Morgan fingerprint density at radius 1 is 1.00 bits per heavy atom. The molecule has 3 nitrogen and oxygen atoms in total. The molecule has 164 valence electrons. The topological polar surface area (TPSA) is 38.3 Å². The van der Waals surface area contributed by atoms with Crippen LogP contribution in [-0.2, 0) is 10.2 Å². The zero-order valence-corrected chi connectivity index (χ0v) is 19.6. The summed E-state index contributed by atoms with van der Waals surface area (Å²) in [5, 5.41) is 3.17. The van der Waals surface area contributed by atoms with Crippen molar-refractivity contribution in [1.29, 1.82) is 0 Å². The van der Waals surface area contributed by atoms with E-state index in [0.717, 1.165) is 18.6 Å². The summed E-state index contributed by atoms with van der Waals surface area (Å²) in [5.41, 5.74) is 2.61. The molecule has 0 saturated carbocycles. The third kappa shape index (κ3) is 6.90. The van der Waals surface area contributed by atoms with Gasteiger partial charge >= 0.3 is 0 Å². The smallest absolute Gasteiger partial charge is 0.220 e. The highest BCUT2D eigenvalue weighted by Gasteiger charge is 2.25. The van der Waals surface area contributed by atoms with Crippen molar-refractivity contribution in [2.75, 3.05) is 6.54 Å². The van der Waals surface area contributed by atoms with E-state index < -0.39 is 0 Å². The molecule has 0 saturated heterocycles. The zero-order chi connectivity index (χ0) is 22.1. The molecule has 2 aromatic carbocycles. The van der Waals surface area contributed by atoms with Crippen LogP contribution in [0.1, 0.15) is 77.8 Å². The molecule has 0 aliphatic rings. The molecule has 0 radical (unpaired) electrons. The van der Waals surface area contributed by atoms with Crippen LogP contribution in [-0.4, -0.2) is 18.6 Å². The average Bonchev–Trinajstić information content (AvgIpc) is 2.72. The predicted molar refractivity (Wildman–Crippen MR) is 126 cm³/mol. The normalized spacial score (nSPS) is 14.4. The second-order valence-electron chi connectivity index (χ2n) is 9.17. The molecule has 0 heterocycles. The van der Waals surface area contributed by atoms with Gasteiger partial charge in [0.1, 0.15) is 5.75 Å². The van der Waals surface area contributed by atoms with Gasteiger partial charge in [-0.2, -0.15) is 0 Å². The van der Waals surface area contributed by atoms with Gasteiger partial charge in [0.2, 0.25) is 5.91 Å².